The first-order chi connectivity index (χ1) is 10.1. The average Bonchev–Trinajstić information content (AvgIpc) is 2.81. The van der Waals surface area contributed by atoms with Crippen LogP contribution in [0, 0.1) is 0 Å². The number of aromatic hydroxyl groups is 1. The molecule has 3 rings (SSSR count). The summed E-state index contributed by atoms with van der Waals surface area (Å²) in [6.45, 7) is 4.76. The molecule has 0 saturated carbocycles. The predicted molar refractivity (Wildman–Crippen MR) is 83.8 cm³/mol. The van der Waals surface area contributed by atoms with Gasteiger partial charge in [0.25, 0.3) is 0 Å². The number of aromatic nitrogens is 2. The van der Waals surface area contributed by atoms with Gasteiger partial charge in [-0.3, -0.25) is 4.90 Å². The van der Waals surface area contributed by atoms with Gasteiger partial charge in [0.15, 0.2) is 0 Å². The molecule has 112 valence electrons. The Hall–Kier alpha value is -1.72. The number of halogens is 1. The van der Waals surface area contributed by atoms with Gasteiger partial charge in [-0.25, -0.2) is 4.98 Å². The number of phenolic OH excluding ortho intramolecular Hbond substituents is 1. The zero-order chi connectivity index (χ0) is 14.8. The Kier molecular flexibility index (Phi) is 4.03. The number of piperazine rings is 1. The van der Waals surface area contributed by atoms with E-state index in [2.05, 4.69) is 14.8 Å². The van der Waals surface area contributed by atoms with Crippen molar-refractivity contribution in [2.45, 2.75) is 6.54 Å². The third-order valence-electron chi connectivity index (χ3n) is 3.98. The Bertz CT molecular complexity index is 603. The first-order valence-electron chi connectivity index (χ1n) is 7.06. The number of rotatable bonds is 3. The minimum Gasteiger partial charge on any atom is -0.508 e. The van der Waals surface area contributed by atoms with Gasteiger partial charge in [-0.05, 0) is 24.3 Å². The van der Waals surface area contributed by atoms with Gasteiger partial charge >= 0.3 is 0 Å². The van der Waals surface area contributed by atoms with E-state index in [0.29, 0.717) is 10.9 Å². The lowest BCUT2D eigenvalue weighted by molar-refractivity contribution is 0.242. The molecule has 6 heteroatoms. The lowest BCUT2D eigenvalue weighted by atomic mass is 10.2. The summed E-state index contributed by atoms with van der Waals surface area (Å²) in [5.41, 5.74) is 1.16. The molecule has 1 aliphatic rings. The summed E-state index contributed by atoms with van der Waals surface area (Å²) in [6.07, 6.45) is 1.70. The van der Waals surface area contributed by atoms with Crippen molar-refractivity contribution in [1.29, 1.82) is 0 Å². The molecule has 0 spiro atoms. The van der Waals surface area contributed by atoms with Crippen LogP contribution in [0.15, 0.2) is 30.5 Å². The van der Waals surface area contributed by atoms with Crippen LogP contribution in [0.1, 0.15) is 5.82 Å². The highest BCUT2D eigenvalue weighted by molar-refractivity contribution is 6.29. The van der Waals surface area contributed by atoms with Crippen LogP contribution >= 0.6 is 11.6 Å². The molecule has 0 aliphatic carbocycles. The fourth-order valence-electron chi connectivity index (χ4n) is 2.60. The molecule has 2 aromatic rings. The highest BCUT2D eigenvalue weighted by Crippen LogP contribution is 2.20. The van der Waals surface area contributed by atoms with Crippen molar-refractivity contribution in [2.24, 2.45) is 7.05 Å². The topological polar surface area (TPSA) is 44.5 Å². The van der Waals surface area contributed by atoms with Crippen molar-refractivity contribution < 1.29 is 5.11 Å². The van der Waals surface area contributed by atoms with E-state index in [1.54, 1.807) is 18.3 Å². The summed E-state index contributed by atoms with van der Waals surface area (Å²) in [5.74, 6) is 1.31. The zero-order valence-electron chi connectivity index (χ0n) is 12.0. The van der Waals surface area contributed by atoms with Gasteiger partial charge in [0.2, 0.25) is 0 Å². The third kappa shape index (κ3) is 3.14. The number of benzene rings is 1. The predicted octanol–water partition coefficient (Wildman–Crippen LogP) is 2.10. The molecule has 21 heavy (non-hydrogen) atoms. The lowest BCUT2D eigenvalue weighted by Gasteiger charge is -2.35. The number of nitrogens with zero attached hydrogens (tertiary/aromatic N) is 4. The van der Waals surface area contributed by atoms with Gasteiger partial charge in [0, 0.05) is 38.9 Å². The van der Waals surface area contributed by atoms with Gasteiger partial charge in [0.05, 0.1) is 12.7 Å². The van der Waals surface area contributed by atoms with Crippen molar-refractivity contribution in [3.8, 4) is 5.75 Å². The van der Waals surface area contributed by atoms with E-state index in [0.717, 1.165) is 44.2 Å². The summed E-state index contributed by atoms with van der Waals surface area (Å²) in [6, 6.07) is 7.39. The van der Waals surface area contributed by atoms with Crippen LogP contribution in [0.4, 0.5) is 5.69 Å². The second kappa shape index (κ2) is 5.95. The molecule has 0 amide bonds. The Morgan fingerprint density at radius 2 is 1.81 bits per heavy atom. The maximum Gasteiger partial charge on any atom is 0.128 e. The summed E-state index contributed by atoms with van der Waals surface area (Å²) in [4.78, 5) is 9.06. The van der Waals surface area contributed by atoms with Gasteiger partial charge < -0.3 is 14.6 Å². The number of hydrogen-bond acceptors (Lipinski definition) is 4. The molecule has 0 radical (unpaired) electrons. The first kappa shape index (κ1) is 14.2. The normalized spacial score (nSPS) is 16.4. The molecule has 0 unspecified atom stereocenters. The van der Waals surface area contributed by atoms with E-state index in [4.69, 9.17) is 11.6 Å². The third-order valence-corrected chi connectivity index (χ3v) is 4.33. The molecule has 0 atom stereocenters. The smallest absolute Gasteiger partial charge is 0.128 e. The summed E-state index contributed by atoms with van der Waals surface area (Å²) in [7, 11) is 1.94. The monoisotopic (exact) mass is 306 g/mol. The summed E-state index contributed by atoms with van der Waals surface area (Å²) >= 11 is 6.02. The second-order valence-electron chi connectivity index (χ2n) is 5.34. The van der Waals surface area contributed by atoms with Gasteiger partial charge in [-0.1, -0.05) is 11.6 Å². The first-order valence-corrected chi connectivity index (χ1v) is 7.44. The quantitative estimate of drug-likeness (QED) is 0.943. The Balaban J connectivity index is 1.58. The Morgan fingerprint density at radius 1 is 1.14 bits per heavy atom. The SMILES string of the molecule is Cn1c(Cl)cnc1CN1CCN(c2ccc(O)cc2)CC1. The van der Waals surface area contributed by atoms with Crippen LogP contribution in [0.25, 0.3) is 0 Å². The fraction of sp³-hybridized carbons (Fsp3) is 0.400. The highest BCUT2D eigenvalue weighted by atomic mass is 35.5. The minimum absolute atomic E-state index is 0.309. The molecule has 5 nitrogen and oxygen atoms in total. The molecule has 1 fully saturated rings. The van der Waals surface area contributed by atoms with Crippen LogP contribution in [-0.4, -0.2) is 45.7 Å². The van der Waals surface area contributed by atoms with Crippen LogP contribution < -0.4 is 4.90 Å². The molecule has 1 N–H and O–H groups in total. The van der Waals surface area contributed by atoms with Crippen LogP contribution in [0.2, 0.25) is 5.15 Å². The van der Waals surface area contributed by atoms with Gasteiger partial charge in [-0.2, -0.15) is 0 Å². The Morgan fingerprint density at radius 3 is 2.38 bits per heavy atom. The van der Waals surface area contributed by atoms with Crippen molar-refractivity contribution in [2.75, 3.05) is 31.1 Å². The van der Waals surface area contributed by atoms with Crippen molar-refractivity contribution in [1.82, 2.24) is 14.5 Å². The fourth-order valence-corrected chi connectivity index (χ4v) is 2.75. The maximum atomic E-state index is 9.34. The van der Waals surface area contributed by atoms with E-state index in [1.165, 1.54) is 0 Å². The number of imidazole rings is 1. The minimum atomic E-state index is 0.309. The molecule has 2 heterocycles. The second-order valence-corrected chi connectivity index (χ2v) is 5.72. The standard InChI is InChI=1S/C15H19ClN4O/c1-18-14(16)10-17-15(18)11-19-6-8-20(9-7-19)12-2-4-13(21)5-3-12/h2-5,10,21H,6-9,11H2,1H3. The van der Waals surface area contributed by atoms with E-state index in [1.807, 2.05) is 23.7 Å². The van der Waals surface area contributed by atoms with Gasteiger partial charge in [0.1, 0.15) is 16.7 Å². The summed E-state index contributed by atoms with van der Waals surface area (Å²) < 4.78 is 1.92. The van der Waals surface area contributed by atoms with Crippen molar-refractivity contribution in [3.63, 3.8) is 0 Å². The molecule has 0 bridgehead atoms. The van der Waals surface area contributed by atoms with Crippen molar-refractivity contribution in [3.05, 3.63) is 41.4 Å². The molecule has 1 saturated heterocycles. The largest absolute Gasteiger partial charge is 0.508 e. The zero-order valence-corrected chi connectivity index (χ0v) is 12.8. The van der Waals surface area contributed by atoms with E-state index in [-0.39, 0.29) is 0 Å². The van der Waals surface area contributed by atoms with Crippen molar-refractivity contribution >= 4 is 17.3 Å². The van der Waals surface area contributed by atoms with Crippen LogP contribution in [0.5, 0.6) is 5.75 Å². The lowest BCUT2D eigenvalue weighted by Crippen LogP contribution is -2.46. The van der Waals surface area contributed by atoms with E-state index >= 15 is 0 Å². The molecule has 1 aliphatic heterocycles. The highest BCUT2D eigenvalue weighted by Gasteiger charge is 2.19. The number of phenols is 1. The molecular formula is C15H19ClN4O. The molecular weight excluding hydrogens is 288 g/mol. The number of anilines is 1. The average molecular weight is 307 g/mol. The number of hydrogen-bond donors (Lipinski definition) is 1. The van der Waals surface area contributed by atoms with Crippen LogP contribution in [0.3, 0.4) is 0 Å². The maximum absolute atomic E-state index is 9.34. The van der Waals surface area contributed by atoms with Gasteiger partial charge in [-0.15, -0.1) is 0 Å². The van der Waals surface area contributed by atoms with E-state index in [9.17, 15) is 5.11 Å². The summed E-state index contributed by atoms with van der Waals surface area (Å²) in [5, 5.41) is 10.0. The molecule has 1 aromatic heterocycles. The Labute approximate surface area is 129 Å². The van der Waals surface area contributed by atoms with E-state index < -0.39 is 0 Å². The van der Waals surface area contributed by atoms with Crippen LogP contribution in [-0.2, 0) is 13.6 Å². The molecule has 1 aromatic carbocycles.